The van der Waals surface area contributed by atoms with Crippen LogP contribution in [0.25, 0.3) is 0 Å². The van der Waals surface area contributed by atoms with Crippen LogP contribution in [0.2, 0.25) is 0 Å². The van der Waals surface area contributed by atoms with Gasteiger partial charge in [-0.15, -0.1) is 0 Å². The summed E-state index contributed by atoms with van der Waals surface area (Å²) in [6.45, 7) is 0.787. The van der Waals surface area contributed by atoms with Crippen LogP contribution >= 0.6 is 0 Å². The van der Waals surface area contributed by atoms with Gasteiger partial charge in [0, 0.05) is 30.8 Å². The Labute approximate surface area is 99.2 Å². The van der Waals surface area contributed by atoms with Crippen LogP contribution < -0.4 is 0 Å². The van der Waals surface area contributed by atoms with Crippen LogP contribution in [-0.4, -0.2) is 22.7 Å². The van der Waals surface area contributed by atoms with Crippen molar-refractivity contribution in [3.05, 3.63) is 47.5 Å². The van der Waals surface area contributed by atoms with E-state index in [1.807, 2.05) is 6.20 Å². The van der Waals surface area contributed by atoms with E-state index in [4.69, 9.17) is 9.84 Å². The second kappa shape index (κ2) is 3.80. The Morgan fingerprint density at radius 3 is 3.06 bits per heavy atom. The maximum atomic E-state index is 10.6. The molecule has 0 aromatic carbocycles. The lowest BCUT2D eigenvalue weighted by atomic mass is 9.84. The predicted octanol–water partition coefficient (Wildman–Crippen LogP) is 2.63. The van der Waals surface area contributed by atoms with Crippen molar-refractivity contribution in [2.75, 3.05) is 6.54 Å². The molecule has 1 unspecified atom stereocenters. The van der Waals surface area contributed by atoms with Crippen molar-refractivity contribution in [2.24, 2.45) is 5.92 Å². The summed E-state index contributed by atoms with van der Waals surface area (Å²) < 4.78 is 4.80. The molecule has 0 amide bonds. The monoisotopic (exact) mass is 231 g/mol. The van der Waals surface area contributed by atoms with Gasteiger partial charge in [-0.1, -0.05) is 24.3 Å². The zero-order chi connectivity index (χ0) is 11.8. The Morgan fingerprint density at radius 2 is 2.24 bits per heavy atom. The Morgan fingerprint density at radius 1 is 1.41 bits per heavy atom. The molecule has 4 nitrogen and oxygen atoms in total. The molecule has 0 radical (unpaired) electrons. The van der Waals surface area contributed by atoms with Gasteiger partial charge >= 0.3 is 6.16 Å². The molecule has 2 heterocycles. The molecule has 3 aliphatic rings. The minimum Gasteiger partial charge on any atom is -0.449 e. The highest BCUT2D eigenvalue weighted by Gasteiger charge is 2.31. The van der Waals surface area contributed by atoms with Gasteiger partial charge in [0.15, 0.2) is 0 Å². The Hall–Kier alpha value is -1.97. The van der Waals surface area contributed by atoms with Crippen molar-refractivity contribution < 1.29 is 14.6 Å². The van der Waals surface area contributed by atoms with Crippen LogP contribution in [0.15, 0.2) is 47.5 Å². The maximum absolute atomic E-state index is 10.6. The number of carbonyl (C=O) groups is 1. The fourth-order valence-electron chi connectivity index (χ4n) is 2.68. The summed E-state index contributed by atoms with van der Waals surface area (Å²) in [7, 11) is 0. The van der Waals surface area contributed by atoms with Gasteiger partial charge in [0.05, 0.1) is 0 Å². The van der Waals surface area contributed by atoms with Gasteiger partial charge in [0.25, 0.3) is 0 Å². The SMILES string of the molecule is O=C(O)OC1=CN2CC=CC3=C2C(CC=C3)C1. The van der Waals surface area contributed by atoms with E-state index in [2.05, 4.69) is 29.2 Å². The van der Waals surface area contributed by atoms with Crippen molar-refractivity contribution in [1.82, 2.24) is 4.90 Å². The number of hydrogen-bond donors (Lipinski definition) is 1. The lowest BCUT2D eigenvalue weighted by molar-refractivity contribution is 0.109. The summed E-state index contributed by atoms with van der Waals surface area (Å²) in [5.41, 5.74) is 2.53. The minimum atomic E-state index is -1.23. The molecule has 0 saturated heterocycles. The average Bonchev–Trinajstić information content (AvgIpc) is 2.28. The van der Waals surface area contributed by atoms with Gasteiger partial charge in [-0.3, -0.25) is 0 Å². The van der Waals surface area contributed by atoms with Gasteiger partial charge in [-0.05, 0) is 12.0 Å². The van der Waals surface area contributed by atoms with Crippen LogP contribution in [0.4, 0.5) is 4.79 Å². The fraction of sp³-hybridized carbons (Fsp3) is 0.308. The van der Waals surface area contributed by atoms with Gasteiger partial charge in [-0.2, -0.15) is 0 Å². The molecule has 1 atom stereocenters. The van der Waals surface area contributed by atoms with Crippen LogP contribution in [0, 0.1) is 5.92 Å². The first-order chi connectivity index (χ1) is 8.24. The molecule has 1 N–H and O–H groups in total. The maximum Gasteiger partial charge on any atom is 0.511 e. The Bertz CT molecular complexity index is 481. The van der Waals surface area contributed by atoms with Gasteiger partial charge in [0.2, 0.25) is 0 Å². The standard InChI is InChI=1S/C13H13NO3/c15-13(16)17-11-7-10-4-1-3-9-5-2-6-14(8-11)12(9)10/h1-3,5,8,10H,4,6-7H2,(H,15,16). The van der Waals surface area contributed by atoms with E-state index in [9.17, 15) is 4.79 Å². The van der Waals surface area contributed by atoms with Gasteiger partial charge in [0.1, 0.15) is 5.76 Å². The first-order valence-electron chi connectivity index (χ1n) is 5.69. The molecule has 0 bridgehead atoms. The van der Waals surface area contributed by atoms with E-state index < -0.39 is 6.16 Å². The molecular formula is C13H13NO3. The lowest BCUT2D eigenvalue weighted by Gasteiger charge is -2.38. The summed E-state index contributed by atoms with van der Waals surface area (Å²) in [5, 5.41) is 8.67. The molecule has 88 valence electrons. The Balaban J connectivity index is 1.95. The zero-order valence-corrected chi connectivity index (χ0v) is 9.30. The number of hydrogen-bond acceptors (Lipinski definition) is 3. The molecule has 3 rings (SSSR count). The molecule has 0 aromatic rings. The number of ether oxygens (including phenoxy) is 1. The summed E-state index contributed by atoms with van der Waals surface area (Å²) in [6.07, 6.45) is 10.7. The summed E-state index contributed by atoms with van der Waals surface area (Å²) in [5.74, 6) is 0.885. The Kier molecular flexibility index (Phi) is 2.28. The normalized spacial score (nSPS) is 25.5. The highest BCUT2D eigenvalue weighted by atomic mass is 16.7. The van der Waals surface area contributed by atoms with E-state index in [0.29, 0.717) is 18.1 Å². The predicted molar refractivity (Wildman–Crippen MR) is 61.9 cm³/mol. The summed E-state index contributed by atoms with van der Waals surface area (Å²) in [4.78, 5) is 12.7. The molecule has 0 spiro atoms. The van der Waals surface area contributed by atoms with Gasteiger partial charge in [-0.25, -0.2) is 4.79 Å². The molecule has 0 fully saturated rings. The van der Waals surface area contributed by atoms with Gasteiger partial charge < -0.3 is 14.7 Å². The second-order valence-electron chi connectivity index (χ2n) is 4.40. The van der Waals surface area contributed by atoms with Crippen molar-refractivity contribution in [1.29, 1.82) is 0 Å². The minimum absolute atomic E-state index is 0.347. The second-order valence-corrected chi connectivity index (χ2v) is 4.40. The van der Waals surface area contributed by atoms with Crippen LogP contribution in [0.1, 0.15) is 12.8 Å². The summed E-state index contributed by atoms with van der Waals surface area (Å²) in [6, 6.07) is 0. The fourth-order valence-corrected chi connectivity index (χ4v) is 2.68. The molecule has 4 heteroatoms. The van der Waals surface area contributed by atoms with E-state index in [1.165, 1.54) is 11.3 Å². The average molecular weight is 231 g/mol. The third-order valence-corrected chi connectivity index (χ3v) is 3.28. The number of allylic oxidation sites excluding steroid dienone is 6. The molecule has 1 aliphatic carbocycles. The van der Waals surface area contributed by atoms with Crippen molar-refractivity contribution in [2.45, 2.75) is 12.8 Å². The van der Waals surface area contributed by atoms with E-state index in [1.54, 1.807) is 0 Å². The third-order valence-electron chi connectivity index (χ3n) is 3.28. The molecule has 17 heavy (non-hydrogen) atoms. The number of rotatable bonds is 1. The van der Waals surface area contributed by atoms with Crippen molar-refractivity contribution in [3.63, 3.8) is 0 Å². The first-order valence-corrected chi connectivity index (χ1v) is 5.69. The number of nitrogens with zero attached hydrogens (tertiary/aromatic N) is 1. The number of carboxylic acid groups (broad SMARTS) is 1. The smallest absolute Gasteiger partial charge is 0.449 e. The molecule has 0 saturated carbocycles. The first kappa shape index (κ1) is 10.2. The van der Waals surface area contributed by atoms with Crippen LogP contribution in [0.3, 0.4) is 0 Å². The zero-order valence-electron chi connectivity index (χ0n) is 9.30. The van der Waals surface area contributed by atoms with E-state index in [-0.39, 0.29) is 0 Å². The van der Waals surface area contributed by atoms with Crippen LogP contribution in [0.5, 0.6) is 0 Å². The highest BCUT2D eigenvalue weighted by molar-refractivity contribution is 5.58. The lowest BCUT2D eigenvalue weighted by Crippen LogP contribution is -2.32. The quantitative estimate of drug-likeness (QED) is 0.705. The van der Waals surface area contributed by atoms with E-state index >= 15 is 0 Å². The van der Waals surface area contributed by atoms with Crippen molar-refractivity contribution >= 4 is 6.16 Å². The third kappa shape index (κ3) is 1.75. The van der Waals surface area contributed by atoms with E-state index in [0.717, 1.165) is 13.0 Å². The largest absolute Gasteiger partial charge is 0.511 e. The molecule has 0 aromatic heterocycles. The summed E-state index contributed by atoms with van der Waals surface area (Å²) >= 11 is 0. The molecule has 2 aliphatic heterocycles. The topological polar surface area (TPSA) is 49.8 Å². The van der Waals surface area contributed by atoms with Crippen LogP contribution in [-0.2, 0) is 4.74 Å². The molecular weight excluding hydrogens is 218 g/mol. The van der Waals surface area contributed by atoms with Crippen molar-refractivity contribution in [3.8, 4) is 0 Å². The highest BCUT2D eigenvalue weighted by Crippen LogP contribution is 2.39.